The van der Waals surface area contributed by atoms with Gasteiger partial charge in [-0.15, -0.1) is 0 Å². The molecule has 65 heavy (non-hydrogen) atoms. The van der Waals surface area contributed by atoms with E-state index in [2.05, 4.69) is 263 Å². The van der Waals surface area contributed by atoms with Crippen molar-refractivity contribution in [3.63, 3.8) is 0 Å². The minimum atomic E-state index is -0.201. The molecule has 0 atom stereocenters. The van der Waals surface area contributed by atoms with Crippen molar-refractivity contribution in [2.45, 2.75) is 64.7 Å². The summed E-state index contributed by atoms with van der Waals surface area (Å²) in [5, 5.41) is 2.45. The van der Waals surface area contributed by atoms with E-state index in [4.69, 9.17) is 4.98 Å². The van der Waals surface area contributed by atoms with Crippen molar-refractivity contribution in [3.8, 4) is 5.82 Å². The van der Waals surface area contributed by atoms with Gasteiger partial charge in [-0.25, -0.2) is 4.98 Å². The van der Waals surface area contributed by atoms with Crippen LogP contribution in [0.4, 0.5) is 11.4 Å². The highest BCUT2D eigenvalue weighted by Gasteiger charge is 2.31. The van der Waals surface area contributed by atoms with Crippen LogP contribution in [0.3, 0.4) is 0 Å². The van der Waals surface area contributed by atoms with E-state index in [0.717, 1.165) is 22.5 Å². The van der Waals surface area contributed by atoms with Gasteiger partial charge in [-0.1, -0.05) is 204 Å². The molecule has 2 aromatic heterocycles. The van der Waals surface area contributed by atoms with Gasteiger partial charge in [-0.05, 0) is 81.8 Å². The van der Waals surface area contributed by atoms with E-state index in [-0.39, 0.29) is 23.0 Å². The molecule has 320 valence electrons. The summed E-state index contributed by atoms with van der Waals surface area (Å²) in [7, 11) is 0. The first kappa shape index (κ1) is 41.9. The number of fused-ring (bicyclic) bond motifs is 3. The molecule has 0 saturated carbocycles. The van der Waals surface area contributed by atoms with E-state index in [9.17, 15) is 0 Å². The molecular formula is C60H57BN4. The third-order valence-electron chi connectivity index (χ3n) is 14.0. The maximum Gasteiger partial charge on any atom is 0.241 e. The first-order valence-corrected chi connectivity index (χ1v) is 23.0. The minimum absolute atomic E-state index is 0.00185. The summed E-state index contributed by atoms with van der Waals surface area (Å²) in [4.78, 5) is 9.75. The van der Waals surface area contributed by atoms with Crippen LogP contribution < -0.4 is 26.2 Å². The Kier molecular flexibility index (Phi) is 10.6. The van der Waals surface area contributed by atoms with Crippen LogP contribution in [0.5, 0.6) is 0 Å². The Morgan fingerprint density at radius 1 is 0.415 bits per heavy atom. The average Bonchev–Trinajstić information content (AvgIpc) is 3.96. The highest BCUT2D eigenvalue weighted by Crippen LogP contribution is 2.41. The molecular weight excluding hydrogens is 787 g/mol. The summed E-state index contributed by atoms with van der Waals surface area (Å²) in [6.07, 6.45) is 6.43. The molecule has 0 aliphatic carbocycles. The van der Waals surface area contributed by atoms with E-state index < -0.39 is 0 Å². The highest BCUT2D eigenvalue weighted by atomic mass is 15.3. The molecule has 10 rings (SSSR count). The van der Waals surface area contributed by atoms with Crippen LogP contribution in [0.1, 0.15) is 76.3 Å². The standard InChI is InChI=1S/C60H57BN4/c1-58(2,3)45-32-33-62-57(39-45)65-55-29-18-17-28-53(55)54-31-30-50(41-56(54)65)61(48-24-15-10-16-25-48)49-26-19-27-51(40-49)63-34-35-64(42-63)52-37-46(59(4,5)43-20-11-8-12-21-43)36-47(38-52)60(6,7)44-22-13-9-14-23-44/h8-41H,42H2,1-7H3. The van der Waals surface area contributed by atoms with Gasteiger partial charge in [0.2, 0.25) is 6.71 Å². The second kappa shape index (κ2) is 16.5. The fourth-order valence-corrected chi connectivity index (χ4v) is 9.82. The van der Waals surface area contributed by atoms with Crippen molar-refractivity contribution in [2.75, 3.05) is 16.5 Å². The van der Waals surface area contributed by atoms with E-state index in [1.165, 1.54) is 60.7 Å². The summed E-state index contributed by atoms with van der Waals surface area (Å²) in [6.45, 7) is 16.9. The zero-order chi connectivity index (χ0) is 44.9. The minimum Gasteiger partial charge on any atom is -0.328 e. The molecule has 4 nitrogen and oxygen atoms in total. The Labute approximate surface area is 385 Å². The number of anilines is 2. The number of pyridine rings is 1. The van der Waals surface area contributed by atoms with E-state index in [0.29, 0.717) is 6.67 Å². The van der Waals surface area contributed by atoms with Crippen molar-refractivity contribution in [2.24, 2.45) is 0 Å². The highest BCUT2D eigenvalue weighted by molar-refractivity contribution is 6.95. The van der Waals surface area contributed by atoms with Gasteiger partial charge < -0.3 is 9.80 Å². The maximum atomic E-state index is 4.98. The zero-order valence-electron chi connectivity index (χ0n) is 38.7. The lowest BCUT2D eigenvalue weighted by Crippen LogP contribution is -2.52. The van der Waals surface area contributed by atoms with Gasteiger partial charge in [-0.3, -0.25) is 4.57 Å². The quantitative estimate of drug-likeness (QED) is 0.128. The fourth-order valence-electron chi connectivity index (χ4n) is 9.82. The number of aromatic nitrogens is 2. The van der Waals surface area contributed by atoms with Gasteiger partial charge in [0.1, 0.15) is 5.82 Å². The SMILES string of the molecule is CC(C)(C)c1ccnc(-n2c3ccccc3c3ccc(B(c4ccccc4)c4cccc(N5C=CN(c6cc(C(C)(C)c7ccccc7)cc(C(C)(C)c7ccccc7)c6)C5)c4)cc32)c1. The van der Waals surface area contributed by atoms with Gasteiger partial charge in [0.05, 0.1) is 17.7 Å². The molecule has 0 saturated heterocycles. The summed E-state index contributed by atoms with van der Waals surface area (Å²) >= 11 is 0. The molecule has 0 N–H and O–H groups in total. The van der Waals surface area contributed by atoms with Crippen molar-refractivity contribution in [1.82, 2.24) is 9.55 Å². The van der Waals surface area contributed by atoms with Gasteiger partial charge in [0.15, 0.2) is 0 Å². The number of para-hydroxylation sites is 1. The van der Waals surface area contributed by atoms with E-state index in [1.54, 1.807) is 0 Å². The molecule has 7 aromatic carbocycles. The summed E-state index contributed by atoms with van der Waals surface area (Å²) < 4.78 is 2.36. The predicted molar refractivity (Wildman–Crippen MR) is 277 cm³/mol. The molecule has 0 bridgehead atoms. The lowest BCUT2D eigenvalue weighted by atomic mass is 9.37. The molecule has 9 aromatic rings. The van der Waals surface area contributed by atoms with Crippen molar-refractivity contribution < 1.29 is 0 Å². The molecule has 0 radical (unpaired) electrons. The van der Waals surface area contributed by atoms with Crippen molar-refractivity contribution in [3.05, 3.63) is 234 Å². The van der Waals surface area contributed by atoms with Crippen LogP contribution in [-0.2, 0) is 16.2 Å². The maximum absolute atomic E-state index is 4.98. The molecule has 3 heterocycles. The number of rotatable bonds is 10. The van der Waals surface area contributed by atoms with E-state index in [1.807, 2.05) is 6.20 Å². The number of benzene rings is 7. The third kappa shape index (κ3) is 7.84. The number of hydrogen-bond donors (Lipinski definition) is 0. The van der Waals surface area contributed by atoms with Crippen LogP contribution in [0, 0.1) is 0 Å². The first-order valence-electron chi connectivity index (χ1n) is 23.0. The first-order chi connectivity index (χ1) is 31.4. The van der Waals surface area contributed by atoms with Gasteiger partial charge in [0.25, 0.3) is 0 Å². The lowest BCUT2D eigenvalue weighted by Gasteiger charge is -2.33. The number of nitrogens with zero attached hydrogens (tertiary/aromatic N) is 4. The Morgan fingerprint density at radius 3 is 1.62 bits per heavy atom. The van der Waals surface area contributed by atoms with E-state index >= 15 is 0 Å². The van der Waals surface area contributed by atoms with Gasteiger partial charge in [0, 0.05) is 51.6 Å². The third-order valence-corrected chi connectivity index (χ3v) is 14.0. The lowest BCUT2D eigenvalue weighted by molar-refractivity contribution is 0.588. The molecule has 1 aliphatic rings. The van der Waals surface area contributed by atoms with Crippen LogP contribution in [0.15, 0.2) is 207 Å². The molecule has 0 fully saturated rings. The summed E-state index contributed by atoms with van der Waals surface area (Å²) in [5.41, 5.74) is 14.5. The van der Waals surface area contributed by atoms with Gasteiger partial charge >= 0.3 is 0 Å². The molecule has 0 unspecified atom stereocenters. The Morgan fingerprint density at radius 2 is 0.969 bits per heavy atom. The second-order valence-electron chi connectivity index (χ2n) is 19.9. The Bertz CT molecular complexity index is 3110. The second-order valence-corrected chi connectivity index (χ2v) is 19.9. The Hall–Kier alpha value is -7.11. The zero-order valence-corrected chi connectivity index (χ0v) is 38.7. The van der Waals surface area contributed by atoms with Crippen molar-refractivity contribution in [1.29, 1.82) is 0 Å². The van der Waals surface area contributed by atoms with Gasteiger partial charge in [-0.2, -0.15) is 0 Å². The largest absolute Gasteiger partial charge is 0.328 e. The van der Waals surface area contributed by atoms with Crippen molar-refractivity contribution >= 4 is 56.3 Å². The summed E-state index contributed by atoms with van der Waals surface area (Å²) in [6, 6.07) is 69.3. The van der Waals surface area contributed by atoms with Crippen LogP contribution in [0.2, 0.25) is 0 Å². The van der Waals surface area contributed by atoms with Crippen LogP contribution in [-0.4, -0.2) is 22.9 Å². The molecule has 0 amide bonds. The number of hydrogen-bond acceptors (Lipinski definition) is 3. The Balaban J connectivity index is 1.03. The van der Waals surface area contributed by atoms with Crippen LogP contribution >= 0.6 is 0 Å². The molecule has 1 aliphatic heterocycles. The smallest absolute Gasteiger partial charge is 0.241 e. The topological polar surface area (TPSA) is 24.3 Å². The normalized spacial score (nSPS) is 13.3. The average molecular weight is 845 g/mol. The predicted octanol–water partition coefficient (Wildman–Crippen LogP) is 12.4. The molecule has 5 heteroatoms. The van der Waals surface area contributed by atoms with Crippen LogP contribution in [0.25, 0.3) is 27.6 Å². The molecule has 0 spiro atoms. The monoisotopic (exact) mass is 844 g/mol. The fraction of sp³-hybridized carbons (Fsp3) is 0.183. The summed E-state index contributed by atoms with van der Waals surface area (Å²) in [5.74, 6) is 0.939.